The molecule has 1 amide bonds. The molecule has 0 radical (unpaired) electrons. The minimum atomic E-state index is -0.878. The van der Waals surface area contributed by atoms with Crippen LogP contribution in [0.4, 0.5) is 10.1 Å². The van der Waals surface area contributed by atoms with Crippen molar-refractivity contribution in [2.45, 2.75) is 46.1 Å². The number of nitrogens with one attached hydrogen (secondary N) is 1. The van der Waals surface area contributed by atoms with Crippen LogP contribution in [0.5, 0.6) is 0 Å². The van der Waals surface area contributed by atoms with Crippen LogP contribution < -0.4 is 10.7 Å². The van der Waals surface area contributed by atoms with E-state index in [0.29, 0.717) is 17.5 Å². The van der Waals surface area contributed by atoms with Gasteiger partial charge in [0, 0.05) is 19.2 Å². The molecule has 1 saturated carbocycles. The number of fused-ring (bicyclic) bond motifs is 1. The standard InChI is InChI=1S/C19H20ClFN2O4/c1-4-11-14(20)15(21)16(22-9(3)24)13-17(11)23(10-6-7-10)8-12(18(13)25)19(26)27-5-2/h8,10H,4-7H2,1-3H3,(H,22,24). The summed E-state index contributed by atoms with van der Waals surface area (Å²) < 4.78 is 21.7. The van der Waals surface area contributed by atoms with Gasteiger partial charge in [-0.15, -0.1) is 0 Å². The molecular weight excluding hydrogens is 375 g/mol. The summed E-state index contributed by atoms with van der Waals surface area (Å²) in [7, 11) is 0. The quantitative estimate of drug-likeness (QED) is 0.782. The first kappa shape index (κ1) is 19.4. The molecule has 1 aliphatic rings. The molecule has 1 N–H and O–H groups in total. The van der Waals surface area contributed by atoms with E-state index < -0.39 is 23.1 Å². The third kappa shape index (κ3) is 3.32. The molecule has 1 aromatic carbocycles. The van der Waals surface area contributed by atoms with Gasteiger partial charge in [-0.25, -0.2) is 9.18 Å². The van der Waals surface area contributed by atoms with Crippen LogP contribution in [0.3, 0.4) is 0 Å². The van der Waals surface area contributed by atoms with Crippen molar-refractivity contribution in [2.75, 3.05) is 11.9 Å². The van der Waals surface area contributed by atoms with Crippen LogP contribution in [-0.4, -0.2) is 23.1 Å². The maximum atomic E-state index is 14.9. The fourth-order valence-corrected chi connectivity index (χ4v) is 3.56. The Balaban J connectivity index is 2.50. The van der Waals surface area contributed by atoms with Crippen LogP contribution in [-0.2, 0) is 16.0 Å². The summed E-state index contributed by atoms with van der Waals surface area (Å²) in [5.41, 5.74) is -0.253. The lowest BCUT2D eigenvalue weighted by Crippen LogP contribution is -2.23. The number of benzene rings is 1. The van der Waals surface area contributed by atoms with E-state index in [9.17, 15) is 18.8 Å². The first-order chi connectivity index (χ1) is 12.8. The summed E-state index contributed by atoms with van der Waals surface area (Å²) in [6.45, 7) is 4.75. The Hall–Kier alpha value is -2.41. The first-order valence-electron chi connectivity index (χ1n) is 8.85. The molecule has 0 bridgehead atoms. The molecule has 3 rings (SSSR count). The predicted octanol–water partition coefficient (Wildman–Crippen LogP) is 3.83. The van der Waals surface area contributed by atoms with Gasteiger partial charge in [0.15, 0.2) is 5.82 Å². The number of hydrogen-bond donors (Lipinski definition) is 1. The molecule has 0 spiro atoms. The summed E-state index contributed by atoms with van der Waals surface area (Å²) in [5, 5.41) is 2.18. The first-order valence-corrected chi connectivity index (χ1v) is 9.22. The van der Waals surface area contributed by atoms with Crippen LogP contribution in [0.15, 0.2) is 11.0 Å². The zero-order valence-corrected chi connectivity index (χ0v) is 16.1. The number of amides is 1. The Morgan fingerprint density at radius 1 is 1.37 bits per heavy atom. The number of anilines is 1. The van der Waals surface area contributed by atoms with Crippen molar-refractivity contribution in [2.24, 2.45) is 0 Å². The van der Waals surface area contributed by atoms with Crippen LogP contribution in [0.1, 0.15) is 55.6 Å². The predicted molar refractivity (Wildman–Crippen MR) is 101 cm³/mol. The molecule has 1 aliphatic carbocycles. The van der Waals surface area contributed by atoms with Crippen molar-refractivity contribution in [3.8, 4) is 0 Å². The molecular formula is C19H20ClFN2O4. The van der Waals surface area contributed by atoms with Gasteiger partial charge < -0.3 is 14.6 Å². The van der Waals surface area contributed by atoms with Crippen LogP contribution in [0.25, 0.3) is 10.9 Å². The molecule has 0 atom stereocenters. The SMILES string of the molecule is CCOC(=O)c1cn(C2CC2)c2c(CC)c(Cl)c(F)c(NC(C)=O)c2c1=O. The molecule has 1 fully saturated rings. The van der Waals surface area contributed by atoms with Gasteiger partial charge in [-0.3, -0.25) is 9.59 Å². The van der Waals surface area contributed by atoms with E-state index >= 15 is 0 Å². The fraction of sp³-hybridized carbons (Fsp3) is 0.421. The molecule has 27 heavy (non-hydrogen) atoms. The minimum absolute atomic E-state index is 0.0543. The van der Waals surface area contributed by atoms with Gasteiger partial charge in [0.25, 0.3) is 0 Å². The molecule has 1 heterocycles. The second kappa shape index (κ2) is 7.31. The summed E-state index contributed by atoms with van der Waals surface area (Å²) in [6.07, 6.45) is 3.59. The Bertz CT molecular complexity index is 1010. The lowest BCUT2D eigenvalue weighted by Gasteiger charge is -2.20. The number of rotatable bonds is 5. The summed E-state index contributed by atoms with van der Waals surface area (Å²) in [6, 6.07) is 0.0817. The highest BCUT2D eigenvalue weighted by atomic mass is 35.5. The molecule has 8 heteroatoms. The third-order valence-electron chi connectivity index (χ3n) is 4.54. The van der Waals surface area contributed by atoms with Crippen LogP contribution in [0.2, 0.25) is 5.02 Å². The van der Waals surface area contributed by atoms with Crippen molar-refractivity contribution >= 4 is 40.1 Å². The number of nitrogens with zero attached hydrogens (tertiary/aromatic N) is 1. The Morgan fingerprint density at radius 3 is 2.56 bits per heavy atom. The average molecular weight is 395 g/mol. The molecule has 0 saturated heterocycles. The van der Waals surface area contributed by atoms with Gasteiger partial charge in [-0.05, 0) is 31.7 Å². The van der Waals surface area contributed by atoms with Crippen LogP contribution in [0, 0.1) is 5.82 Å². The number of aromatic nitrogens is 1. The van der Waals surface area contributed by atoms with Gasteiger partial charge in [0.1, 0.15) is 5.56 Å². The highest BCUT2D eigenvalue weighted by molar-refractivity contribution is 6.33. The summed E-state index contributed by atoms with van der Waals surface area (Å²) in [5.74, 6) is -2.20. The van der Waals surface area contributed by atoms with E-state index in [1.54, 1.807) is 18.4 Å². The summed E-state index contributed by atoms with van der Waals surface area (Å²) >= 11 is 6.23. The lowest BCUT2D eigenvalue weighted by molar-refractivity contribution is -0.114. The van der Waals surface area contributed by atoms with Gasteiger partial charge in [0.05, 0.1) is 28.2 Å². The molecule has 1 aromatic heterocycles. The summed E-state index contributed by atoms with van der Waals surface area (Å²) in [4.78, 5) is 37.0. The molecule has 0 aliphatic heterocycles. The molecule has 6 nitrogen and oxygen atoms in total. The van der Waals surface area contributed by atoms with Gasteiger partial charge in [-0.2, -0.15) is 0 Å². The largest absolute Gasteiger partial charge is 0.462 e. The van der Waals surface area contributed by atoms with Crippen molar-refractivity contribution < 1.29 is 18.7 Å². The van der Waals surface area contributed by atoms with Crippen molar-refractivity contribution in [1.82, 2.24) is 4.57 Å². The van der Waals surface area contributed by atoms with E-state index in [1.165, 1.54) is 13.1 Å². The fourth-order valence-electron chi connectivity index (χ4n) is 3.24. The zero-order valence-electron chi connectivity index (χ0n) is 15.3. The van der Waals surface area contributed by atoms with Crippen molar-refractivity contribution in [1.29, 1.82) is 0 Å². The second-order valence-electron chi connectivity index (χ2n) is 6.47. The minimum Gasteiger partial charge on any atom is -0.462 e. The lowest BCUT2D eigenvalue weighted by atomic mass is 10.0. The number of ether oxygens (including phenoxy) is 1. The van der Waals surface area contributed by atoms with Crippen molar-refractivity contribution in [3.63, 3.8) is 0 Å². The van der Waals surface area contributed by atoms with E-state index in [-0.39, 0.29) is 34.3 Å². The average Bonchev–Trinajstić information content (AvgIpc) is 3.44. The Labute approximate surface area is 160 Å². The maximum absolute atomic E-state index is 14.9. The van der Waals surface area contributed by atoms with Gasteiger partial charge in [-0.1, -0.05) is 18.5 Å². The Kier molecular flexibility index (Phi) is 5.24. The van der Waals surface area contributed by atoms with E-state index in [2.05, 4.69) is 5.32 Å². The number of carbonyl (C=O) groups excluding carboxylic acids is 2. The van der Waals surface area contributed by atoms with Crippen LogP contribution >= 0.6 is 11.6 Å². The normalized spacial score (nSPS) is 13.7. The Morgan fingerprint density at radius 2 is 2.04 bits per heavy atom. The highest BCUT2D eigenvalue weighted by Gasteiger charge is 2.31. The smallest absolute Gasteiger partial charge is 0.343 e. The molecule has 0 unspecified atom stereocenters. The van der Waals surface area contributed by atoms with Gasteiger partial charge >= 0.3 is 5.97 Å². The molecule has 144 valence electrons. The number of aryl methyl sites for hydroxylation is 1. The second-order valence-corrected chi connectivity index (χ2v) is 6.85. The number of carbonyl (C=O) groups is 2. The monoisotopic (exact) mass is 394 g/mol. The van der Waals surface area contributed by atoms with E-state index in [4.69, 9.17) is 16.3 Å². The highest BCUT2D eigenvalue weighted by Crippen LogP contribution is 2.42. The molecule has 2 aromatic rings. The number of hydrogen-bond acceptors (Lipinski definition) is 4. The van der Waals surface area contributed by atoms with E-state index in [0.717, 1.165) is 12.8 Å². The number of esters is 1. The maximum Gasteiger partial charge on any atom is 0.343 e. The third-order valence-corrected chi connectivity index (χ3v) is 4.93. The topological polar surface area (TPSA) is 77.4 Å². The van der Waals surface area contributed by atoms with E-state index in [1.807, 2.05) is 0 Å². The van der Waals surface area contributed by atoms with Crippen molar-refractivity contribution in [3.05, 3.63) is 38.4 Å². The number of pyridine rings is 1. The number of halogens is 2. The zero-order chi connectivity index (χ0) is 19.9. The van der Waals surface area contributed by atoms with Gasteiger partial charge in [0.2, 0.25) is 11.3 Å².